The van der Waals surface area contributed by atoms with E-state index in [4.69, 9.17) is 14.0 Å². The van der Waals surface area contributed by atoms with E-state index < -0.39 is 0 Å². The number of ether oxygens (including phenoxy) is 3. The minimum Gasteiger partial charge on any atom is -0.462 e. The maximum atomic E-state index is 11.0. The third-order valence-corrected chi connectivity index (χ3v) is 3.06. The Hall–Kier alpha value is -3.00. The highest BCUT2D eigenvalue weighted by Gasteiger charge is 2.13. The van der Waals surface area contributed by atoms with Crippen LogP contribution in [0.25, 0.3) is 11.4 Å². The highest BCUT2D eigenvalue weighted by molar-refractivity contribution is 5.81. The van der Waals surface area contributed by atoms with Crippen molar-refractivity contribution in [3.63, 3.8) is 0 Å². The van der Waals surface area contributed by atoms with E-state index in [9.17, 15) is 9.59 Å². The molecule has 0 fully saturated rings. The first-order valence-electron chi connectivity index (χ1n) is 8.25. The van der Waals surface area contributed by atoms with Crippen molar-refractivity contribution in [3.05, 3.63) is 42.3 Å². The second-order valence-electron chi connectivity index (χ2n) is 5.45. The third-order valence-electron chi connectivity index (χ3n) is 3.06. The van der Waals surface area contributed by atoms with Crippen molar-refractivity contribution in [3.8, 4) is 17.1 Å². The molecule has 1 heterocycles. The molecule has 146 valence electrons. The fourth-order valence-electron chi connectivity index (χ4n) is 1.90. The van der Waals surface area contributed by atoms with Crippen molar-refractivity contribution < 1.29 is 28.3 Å². The molecule has 0 bridgehead atoms. The van der Waals surface area contributed by atoms with E-state index in [1.165, 1.54) is 6.92 Å². The summed E-state index contributed by atoms with van der Waals surface area (Å²) in [5.74, 6) is 0.569. The Bertz CT molecular complexity index is 769. The molecule has 0 aliphatic rings. The molecule has 27 heavy (non-hydrogen) atoms. The maximum Gasteiger partial charge on any atom is 0.330 e. The van der Waals surface area contributed by atoms with Crippen LogP contribution in [0.15, 0.2) is 35.4 Å². The first-order chi connectivity index (χ1) is 12.9. The van der Waals surface area contributed by atoms with Crippen LogP contribution in [-0.2, 0) is 19.1 Å². The fraction of sp³-hybridized carbons (Fsp3) is 0.368. The van der Waals surface area contributed by atoms with E-state index in [0.717, 1.165) is 18.1 Å². The van der Waals surface area contributed by atoms with Gasteiger partial charge in [-0.3, -0.25) is 4.79 Å². The van der Waals surface area contributed by atoms with Crippen LogP contribution in [0.5, 0.6) is 5.75 Å². The Morgan fingerprint density at radius 2 is 2.00 bits per heavy atom. The highest BCUT2D eigenvalue weighted by Crippen LogP contribution is 2.29. The largest absolute Gasteiger partial charge is 0.462 e. The molecular formula is C19H24N2O6. The molecular weight excluding hydrogens is 352 g/mol. The molecule has 0 spiro atoms. The van der Waals surface area contributed by atoms with Gasteiger partial charge in [0.05, 0.1) is 12.2 Å². The van der Waals surface area contributed by atoms with E-state index in [-0.39, 0.29) is 11.9 Å². The summed E-state index contributed by atoms with van der Waals surface area (Å²) in [6.07, 6.45) is 1.88. The Morgan fingerprint density at radius 1 is 1.26 bits per heavy atom. The number of aryl methyl sites for hydroxylation is 2. The summed E-state index contributed by atoms with van der Waals surface area (Å²) in [5.41, 5.74) is 1.63. The zero-order valence-corrected chi connectivity index (χ0v) is 16.0. The number of nitrogens with zero attached hydrogens (tertiary/aromatic N) is 2. The average Bonchev–Trinajstić information content (AvgIpc) is 3.05. The molecule has 0 atom stereocenters. The van der Waals surface area contributed by atoms with Gasteiger partial charge in [0.25, 0.3) is 0 Å². The van der Waals surface area contributed by atoms with Gasteiger partial charge in [-0.2, -0.15) is 4.98 Å². The summed E-state index contributed by atoms with van der Waals surface area (Å²) in [6, 6.07) is 5.47. The number of hydrogen-bond acceptors (Lipinski definition) is 8. The molecule has 1 aromatic carbocycles. The van der Waals surface area contributed by atoms with Crippen LogP contribution >= 0.6 is 0 Å². The van der Waals surface area contributed by atoms with E-state index in [1.807, 2.05) is 13.0 Å². The van der Waals surface area contributed by atoms with Gasteiger partial charge in [-0.25, -0.2) is 4.79 Å². The topological polar surface area (TPSA) is 101 Å². The summed E-state index contributed by atoms with van der Waals surface area (Å²) >= 11 is 0. The lowest BCUT2D eigenvalue weighted by atomic mass is 10.1. The standard InChI is InChI=1S/C12H12N2O3.C7H12O3/c1-7-4-5-10(11(6-7)16-9(3)15)12-13-8(2)17-14-12;1-3-7(8)10-6-4-5-9-2/h4-6H,1-3H3;3H,1,4-6H2,2H3. The lowest BCUT2D eigenvalue weighted by Gasteiger charge is -2.06. The number of rotatable bonds is 7. The first-order valence-corrected chi connectivity index (χ1v) is 8.25. The molecule has 0 saturated heterocycles. The molecule has 0 amide bonds. The molecule has 2 rings (SSSR count). The van der Waals surface area contributed by atoms with E-state index in [2.05, 4.69) is 21.5 Å². The summed E-state index contributed by atoms with van der Waals surface area (Å²) in [6.45, 7) is 9.24. The first kappa shape index (κ1) is 22.0. The van der Waals surface area contributed by atoms with Crippen molar-refractivity contribution in [2.75, 3.05) is 20.3 Å². The predicted molar refractivity (Wildman–Crippen MR) is 98.2 cm³/mol. The second kappa shape index (κ2) is 11.6. The van der Waals surface area contributed by atoms with Crippen molar-refractivity contribution in [2.45, 2.75) is 27.2 Å². The summed E-state index contributed by atoms with van der Waals surface area (Å²) in [7, 11) is 1.61. The van der Waals surface area contributed by atoms with Crippen LogP contribution in [0.2, 0.25) is 0 Å². The normalized spacial score (nSPS) is 9.78. The number of carbonyl (C=O) groups is 2. The van der Waals surface area contributed by atoms with Gasteiger partial charge in [-0.1, -0.05) is 17.8 Å². The molecule has 8 nitrogen and oxygen atoms in total. The SMILES string of the molecule is C=CC(=O)OCCCOC.CC(=O)Oc1cc(C)ccc1-c1noc(C)n1. The number of benzene rings is 1. The van der Waals surface area contributed by atoms with E-state index >= 15 is 0 Å². The van der Waals surface area contributed by atoms with Gasteiger partial charge in [0, 0.05) is 40.1 Å². The lowest BCUT2D eigenvalue weighted by molar-refractivity contribution is -0.138. The quantitative estimate of drug-likeness (QED) is 0.315. The molecule has 0 N–H and O–H groups in total. The second-order valence-corrected chi connectivity index (χ2v) is 5.45. The number of hydrogen-bond donors (Lipinski definition) is 0. The van der Waals surface area contributed by atoms with Gasteiger partial charge in [-0.05, 0) is 24.6 Å². The average molecular weight is 376 g/mol. The predicted octanol–water partition coefficient (Wildman–Crippen LogP) is 3.03. The van der Waals surface area contributed by atoms with E-state index in [1.54, 1.807) is 26.2 Å². The maximum absolute atomic E-state index is 11.0. The van der Waals surface area contributed by atoms with Crippen LogP contribution in [0.1, 0.15) is 24.8 Å². The van der Waals surface area contributed by atoms with E-state index in [0.29, 0.717) is 36.2 Å². The molecule has 0 saturated carbocycles. The fourth-order valence-corrected chi connectivity index (χ4v) is 1.90. The molecule has 0 aliphatic carbocycles. The van der Waals surface area contributed by atoms with Crippen LogP contribution in [-0.4, -0.2) is 42.4 Å². The van der Waals surface area contributed by atoms with Crippen LogP contribution in [0.3, 0.4) is 0 Å². The Morgan fingerprint density at radius 3 is 2.56 bits per heavy atom. The zero-order valence-electron chi connectivity index (χ0n) is 16.0. The minimum absolute atomic E-state index is 0.378. The van der Waals surface area contributed by atoms with Gasteiger partial charge in [0.15, 0.2) is 0 Å². The van der Waals surface area contributed by atoms with Crippen molar-refractivity contribution in [1.82, 2.24) is 10.1 Å². The van der Waals surface area contributed by atoms with Gasteiger partial charge in [0.2, 0.25) is 11.7 Å². The number of methoxy groups -OCH3 is 1. The van der Waals surface area contributed by atoms with Crippen LogP contribution in [0.4, 0.5) is 0 Å². The molecule has 0 unspecified atom stereocenters. The number of esters is 2. The number of carbonyl (C=O) groups excluding carboxylic acids is 2. The van der Waals surface area contributed by atoms with Crippen molar-refractivity contribution in [2.24, 2.45) is 0 Å². The highest BCUT2D eigenvalue weighted by atomic mass is 16.5. The molecule has 1 aromatic heterocycles. The number of aromatic nitrogens is 2. The molecule has 2 aromatic rings. The Labute approximate surface area is 158 Å². The molecule has 8 heteroatoms. The lowest BCUT2D eigenvalue weighted by Crippen LogP contribution is -2.03. The van der Waals surface area contributed by atoms with Gasteiger partial charge >= 0.3 is 11.9 Å². The summed E-state index contributed by atoms with van der Waals surface area (Å²) in [4.78, 5) is 25.5. The Kier molecular flexibility index (Phi) is 9.46. The summed E-state index contributed by atoms with van der Waals surface area (Å²) < 4.78 is 19.4. The monoisotopic (exact) mass is 376 g/mol. The van der Waals surface area contributed by atoms with Gasteiger partial charge in [0.1, 0.15) is 5.75 Å². The summed E-state index contributed by atoms with van der Waals surface area (Å²) in [5, 5.41) is 3.81. The zero-order chi connectivity index (χ0) is 20.2. The van der Waals surface area contributed by atoms with Gasteiger partial charge < -0.3 is 18.7 Å². The van der Waals surface area contributed by atoms with Gasteiger partial charge in [-0.15, -0.1) is 0 Å². The molecule has 0 radical (unpaired) electrons. The van der Waals surface area contributed by atoms with Crippen LogP contribution < -0.4 is 4.74 Å². The smallest absolute Gasteiger partial charge is 0.330 e. The molecule has 0 aliphatic heterocycles. The minimum atomic E-state index is -0.379. The van der Waals surface area contributed by atoms with Crippen LogP contribution in [0, 0.1) is 13.8 Å². The Balaban J connectivity index is 0.000000314. The van der Waals surface area contributed by atoms with Crippen molar-refractivity contribution in [1.29, 1.82) is 0 Å². The third kappa shape index (κ3) is 8.28. The van der Waals surface area contributed by atoms with Crippen molar-refractivity contribution >= 4 is 11.9 Å².